The molecule has 0 spiro atoms. The van der Waals surface area contributed by atoms with Gasteiger partial charge in [-0.3, -0.25) is 4.98 Å². The number of anilines is 1. The lowest BCUT2D eigenvalue weighted by Gasteiger charge is -2.21. The van der Waals surface area contributed by atoms with E-state index in [1.54, 1.807) is 12.3 Å². The number of aromatic nitrogens is 2. The van der Waals surface area contributed by atoms with Gasteiger partial charge in [0.15, 0.2) is 0 Å². The second kappa shape index (κ2) is 5.96. The van der Waals surface area contributed by atoms with Gasteiger partial charge in [-0.1, -0.05) is 51.1 Å². The molecule has 0 aliphatic rings. The third-order valence-corrected chi connectivity index (χ3v) is 3.92. The first-order chi connectivity index (χ1) is 11.4. The molecule has 24 heavy (non-hydrogen) atoms. The van der Waals surface area contributed by atoms with E-state index in [2.05, 4.69) is 30.7 Å². The van der Waals surface area contributed by atoms with Crippen molar-refractivity contribution < 1.29 is 5.11 Å². The van der Waals surface area contributed by atoms with Crippen LogP contribution in [0.2, 0.25) is 0 Å². The maximum Gasteiger partial charge on any atom is 0.142 e. The summed E-state index contributed by atoms with van der Waals surface area (Å²) in [6.45, 7) is 6.20. The summed E-state index contributed by atoms with van der Waals surface area (Å²) in [4.78, 5) is 9.00. The average molecular weight is 319 g/mol. The molecule has 4 nitrogen and oxygen atoms in total. The normalized spacial score (nSPS) is 11.5. The van der Waals surface area contributed by atoms with Gasteiger partial charge in [0.2, 0.25) is 0 Å². The minimum atomic E-state index is -0.172. The number of nitrogens with two attached hydrogens (primary N) is 1. The van der Waals surface area contributed by atoms with Crippen LogP contribution in [-0.2, 0) is 5.41 Å². The van der Waals surface area contributed by atoms with Gasteiger partial charge >= 0.3 is 0 Å². The van der Waals surface area contributed by atoms with Crippen LogP contribution in [0.5, 0.6) is 5.75 Å². The van der Waals surface area contributed by atoms with Crippen molar-refractivity contribution in [3.05, 3.63) is 60.3 Å². The maximum atomic E-state index is 10.2. The zero-order valence-corrected chi connectivity index (χ0v) is 14.1. The summed E-state index contributed by atoms with van der Waals surface area (Å²) in [5, 5.41) is 10.2. The number of hydrogen-bond donors (Lipinski definition) is 2. The molecule has 1 heterocycles. The Kier molecular flexibility index (Phi) is 3.97. The van der Waals surface area contributed by atoms with Crippen molar-refractivity contribution in [3.8, 4) is 28.3 Å². The molecule has 0 atom stereocenters. The topological polar surface area (TPSA) is 72.0 Å². The quantitative estimate of drug-likeness (QED) is 0.734. The van der Waals surface area contributed by atoms with Crippen LogP contribution in [0.4, 0.5) is 5.82 Å². The number of rotatable bonds is 2. The molecule has 0 amide bonds. The number of nitrogen functional groups attached to an aromatic ring is 1. The number of phenolic OH excluding ortho intramolecular Hbond substituents is 1. The summed E-state index contributed by atoms with van der Waals surface area (Å²) in [6.07, 6.45) is 1.56. The second-order valence-electron chi connectivity index (χ2n) is 6.84. The Hall–Kier alpha value is -2.88. The zero-order valence-electron chi connectivity index (χ0n) is 14.1. The fourth-order valence-electron chi connectivity index (χ4n) is 2.70. The van der Waals surface area contributed by atoms with E-state index in [0.717, 1.165) is 28.1 Å². The van der Waals surface area contributed by atoms with E-state index in [9.17, 15) is 5.11 Å². The lowest BCUT2D eigenvalue weighted by atomic mass is 9.85. The van der Waals surface area contributed by atoms with Crippen molar-refractivity contribution in [2.75, 3.05) is 5.73 Å². The highest BCUT2D eigenvalue weighted by Crippen LogP contribution is 2.36. The van der Waals surface area contributed by atoms with E-state index >= 15 is 0 Å². The van der Waals surface area contributed by atoms with Crippen LogP contribution in [0, 0.1) is 0 Å². The van der Waals surface area contributed by atoms with E-state index in [1.165, 1.54) is 0 Å². The predicted octanol–water partition coefficient (Wildman–Crippen LogP) is 4.40. The molecular weight excluding hydrogens is 298 g/mol. The number of phenols is 1. The Morgan fingerprint density at radius 2 is 1.62 bits per heavy atom. The summed E-state index contributed by atoms with van der Waals surface area (Å²) in [5.74, 6) is 0.670. The molecule has 4 heteroatoms. The molecule has 3 rings (SSSR count). The lowest BCUT2D eigenvalue weighted by molar-refractivity contribution is 0.447. The highest BCUT2D eigenvalue weighted by Gasteiger charge is 2.20. The first kappa shape index (κ1) is 16.0. The Balaban J connectivity index is 2.21. The summed E-state index contributed by atoms with van der Waals surface area (Å²) < 4.78 is 0. The molecule has 0 saturated heterocycles. The van der Waals surface area contributed by atoms with Gasteiger partial charge in [-0.2, -0.15) is 0 Å². The lowest BCUT2D eigenvalue weighted by Crippen LogP contribution is -2.11. The summed E-state index contributed by atoms with van der Waals surface area (Å²) in [6, 6.07) is 15.4. The van der Waals surface area contributed by atoms with Gasteiger partial charge in [0.25, 0.3) is 0 Å². The van der Waals surface area contributed by atoms with Crippen molar-refractivity contribution in [1.29, 1.82) is 0 Å². The highest BCUT2D eigenvalue weighted by molar-refractivity contribution is 5.79. The smallest absolute Gasteiger partial charge is 0.142 e. The predicted molar refractivity (Wildman–Crippen MR) is 97.7 cm³/mol. The summed E-state index contributed by atoms with van der Waals surface area (Å²) >= 11 is 0. The van der Waals surface area contributed by atoms with Crippen molar-refractivity contribution in [1.82, 2.24) is 9.97 Å². The number of nitrogens with zero attached hydrogens (tertiary/aromatic N) is 2. The van der Waals surface area contributed by atoms with E-state index in [-0.39, 0.29) is 11.2 Å². The fourth-order valence-corrected chi connectivity index (χ4v) is 2.70. The van der Waals surface area contributed by atoms with Crippen LogP contribution in [0.3, 0.4) is 0 Å². The highest BCUT2D eigenvalue weighted by atomic mass is 16.3. The molecule has 3 N–H and O–H groups in total. The standard InChI is InChI=1S/C20H21N3O/c1-20(2,3)15-11-14(9-10-16(15)24)18-19(23-17(21)12-22-18)13-7-5-4-6-8-13/h4-12,24H,1-3H3,(H2,21,23). The van der Waals surface area contributed by atoms with E-state index in [4.69, 9.17) is 5.73 Å². The number of benzene rings is 2. The molecule has 0 aliphatic heterocycles. The molecule has 2 aromatic carbocycles. The van der Waals surface area contributed by atoms with Crippen LogP contribution in [0.25, 0.3) is 22.5 Å². The molecule has 0 fully saturated rings. The van der Waals surface area contributed by atoms with Crippen molar-refractivity contribution in [2.24, 2.45) is 0 Å². The molecule has 122 valence electrons. The zero-order chi connectivity index (χ0) is 17.3. The van der Waals surface area contributed by atoms with Gasteiger partial charge in [0.05, 0.1) is 17.6 Å². The Morgan fingerprint density at radius 3 is 2.29 bits per heavy atom. The van der Waals surface area contributed by atoms with Gasteiger partial charge in [-0.05, 0) is 29.2 Å². The largest absolute Gasteiger partial charge is 0.508 e. The van der Waals surface area contributed by atoms with Crippen molar-refractivity contribution >= 4 is 5.82 Å². The Bertz CT molecular complexity index is 868. The van der Waals surface area contributed by atoms with Crippen LogP contribution < -0.4 is 5.73 Å². The molecule has 0 aliphatic carbocycles. The number of hydrogen-bond acceptors (Lipinski definition) is 4. The van der Waals surface area contributed by atoms with Gasteiger partial charge < -0.3 is 10.8 Å². The van der Waals surface area contributed by atoms with Gasteiger partial charge in [-0.25, -0.2) is 4.98 Å². The maximum absolute atomic E-state index is 10.2. The first-order valence-corrected chi connectivity index (χ1v) is 7.88. The van der Waals surface area contributed by atoms with Crippen LogP contribution in [0.15, 0.2) is 54.7 Å². The molecule has 0 saturated carbocycles. The Morgan fingerprint density at radius 1 is 0.917 bits per heavy atom. The average Bonchev–Trinajstić information content (AvgIpc) is 2.55. The van der Waals surface area contributed by atoms with Gasteiger partial charge in [0.1, 0.15) is 11.6 Å². The first-order valence-electron chi connectivity index (χ1n) is 7.88. The summed E-state index contributed by atoms with van der Waals surface area (Å²) in [5.41, 5.74) is 9.90. The van der Waals surface area contributed by atoms with Crippen LogP contribution >= 0.6 is 0 Å². The minimum Gasteiger partial charge on any atom is -0.508 e. The number of aromatic hydroxyl groups is 1. The minimum absolute atomic E-state index is 0.172. The van der Waals surface area contributed by atoms with Gasteiger partial charge in [0, 0.05) is 11.1 Å². The molecule has 3 aromatic rings. The van der Waals surface area contributed by atoms with Gasteiger partial charge in [-0.15, -0.1) is 0 Å². The van der Waals surface area contributed by atoms with Crippen molar-refractivity contribution in [3.63, 3.8) is 0 Å². The molecule has 1 aromatic heterocycles. The summed E-state index contributed by atoms with van der Waals surface area (Å²) in [7, 11) is 0. The van der Waals surface area contributed by atoms with Crippen molar-refractivity contribution in [2.45, 2.75) is 26.2 Å². The third-order valence-electron chi connectivity index (χ3n) is 3.92. The SMILES string of the molecule is CC(C)(C)c1cc(-c2ncc(N)nc2-c2ccccc2)ccc1O. The van der Waals surface area contributed by atoms with Crippen LogP contribution in [-0.4, -0.2) is 15.1 Å². The molecule has 0 unspecified atom stereocenters. The van der Waals surface area contributed by atoms with E-state index < -0.39 is 0 Å². The molecule has 0 radical (unpaired) electrons. The monoisotopic (exact) mass is 319 g/mol. The van der Waals surface area contributed by atoms with Crippen LogP contribution in [0.1, 0.15) is 26.3 Å². The Labute approximate surface area is 142 Å². The van der Waals surface area contributed by atoms with E-state index in [1.807, 2.05) is 42.5 Å². The third kappa shape index (κ3) is 3.08. The van der Waals surface area contributed by atoms with E-state index in [0.29, 0.717) is 5.82 Å². The fraction of sp³-hybridized carbons (Fsp3) is 0.200. The molecule has 0 bridgehead atoms. The second-order valence-corrected chi connectivity index (χ2v) is 6.84. The molecular formula is C20H21N3O.